The molecule has 3 amide bonds. The Hall–Kier alpha value is -2.00. The van der Waals surface area contributed by atoms with Gasteiger partial charge in [0.2, 0.25) is 0 Å². The summed E-state index contributed by atoms with van der Waals surface area (Å²) >= 11 is 1.92. The van der Waals surface area contributed by atoms with Crippen molar-refractivity contribution in [2.45, 2.75) is 167 Å². The number of carbonyl (C=O) groups excluding carboxylic acids is 3. The number of amides is 3. The van der Waals surface area contributed by atoms with Gasteiger partial charge in [0.25, 0.3) is 0 Å². The highest BCUT2D eigenvalue weighted by Crippen LogP contribution is 2.38. The highest BCUT2D eigenvalue weighted by molar-refractivity contribution is 8.77. The van der Waals surface area contributed by atoms with Gasteiger partial charge in [-0.05, 0) is 77.8 Å². The number of benzene rings is 2. The summed E-state index contributed by atoms with van der Waals surface area (Å²) < 4.78 is 15.9. The van der Waals surface area contributed by atoms with Crippen molar-refractivity contribution in [1.82, 2.24) is 14.7 Å². The molecule has 0 fully saturated rings. The molecule has 0 aliphatic rings. The fourth-order valence-corrected chi connectivity index (χ4v) is 8.38. The molecular weight excluding hydrogens is 827 g/mol. The zero-order valence-corrected chi connectivity index (χ0v) is 41.8. The molecule has 0 bridgehead atoms. The maximum atomic E-state index is 11.8. The SMILES string of the molecule is C.CC(C)SCc1ccc(COC(=O)N(C)C(C)C)cc1.CC(C)SSC(C)(C)COC(=O)N(C)C(C)C.CC(C)SSc1ccccc1COC(=O)N(C)C(C)C. The molecule has 2 aromatic rings. The monoisotopic (exact) mass is 903 g/mol. The maximum absolute atomic E-state index is 11.8. The van der Waals surface area contributed by atoms with E-state index in [4.69, 9.17) is 14.2 Å². The number of carbonyl (C=O) groups is 3. The summed E-state index contributed by atoms with van der Waals surface area (Å²) in [6, 6.07) is 16.8. The number of thioether (sulfide) groups is 1. The van der Waals surface area contributed by atoms with E-state index in [2.05, 4.69) is 73.6 Å². The topological polar surface area (TPSA) is 88.6 Å². The Morgan fingerprint density at radius 1 is 0.586 bits per heavy atom. The van der Waals surface area contributed by atoms with Crippen LogP contribution in [0.3, 0.4) is 0 Å². The van der Waals surface area contributed by atoms with Crippen LogP contribution in [-0.4, -0.2) is 99.4 Å². The van der Waals surface area contributed by atoms with Gasteiger partial charge >= 0.3 is 18.3 Å². The van der Waals surface area contributed by atoms with E-state index in [0.717, 1.165) is 21.8 Å². The average molecular weight is 904 g/mol. The Labute approximate surface area is 374 Å². The molecule has 0 unspecified atom stereocenters. The van der Waals surface area contributed by atoms with Crippen LogP contribution in [0.15, 0.2) is 53.4 Å². The zero-order valence-electron chi connectivity index (χ0n) is 37.7. The van der Waals surface area contributed by atoms with Crippen molar-refractivity contribution in [1.29, 1.82) is 0 Å². The zero-order chi connectivity index (χ0) is 43.9. The number of hydrogen-bond acceptors (Lipinski definition) is 11. The summed E-state index contributed by atoms with van der Waals surface area (Å²) in [7, 11) is 12.4. The molecule has 0 saturated carbocycles. The van der Waals surface area contributed by atoms with Crippen LogP contribution in [-0.2, 0) is 33.2 Å². The molecule has 334 valence electrons. The fraction of sp³-hybridized carbons (Fsp3) is 0.659. The first-order chi connectivity index (χ1) is 26.5. The summed E-state index contributed by atoms with van der Waals surface area (Å²) in [6.07, 6.45) is -0.807. The molecule has 2 rings (SSSR count). The van der Waals surface area contributed by atoms with Gasteiger partial charge in [-0.2, -0.15) is 11.8 Å². The van der Waals surface area contributed by atoms with Crippen LogP contribution in [0.4, 0.5) is 14.4 Å². The average Bonchev–Trinajstić information content (AvgIpc) is 3.15. The minimum Gasteiger partial charge on any atom is -0.448 e. The van der Waals surface area contributed by atoms with Gasteiger partial charge in [-0.1, -0.05) is 135 Å². The molecule has 0 saturated heterocycles. The standard InChI is InChI=1S/C16H25NO2S.C15H23NO2S2.C12H25NO2S2.CH4/c1-12(2)17(5)16(18)19-10-14-6-8-15(9-7-14)11-20-13(3)4;1-11(2)16(5)15(17)18-10-13-8-6-7-9-14(13)20-19-12(3)4;1-9(2)13(7)11(14)15-8-12(5,6)17-16-10(3)4;/h6-9,12-13H,10-11H2,1-5H3;6-9,11-12H,10H2,1-5H3;9-10H,8H2,1-7H3;1H4. The number of hydrogen-bond donors (Lipinski definition) is 0. The van der Waals surface area contributed by atoms with Gasteiger partial charge in [0.15, 0.2) is 0 Å². The third-order valence-electron chi connectivity index (χ3n) is 7.82. The first-order valence-electron chi connectivity index (χ1n) is 19.6. The van der Waals surface area contributed by atoms with Crippen molar-refractivity contribution in [3.8, 4) is 0 Å². The van der Waals surface area contributed by atoms with Crippen LogP contribution in [0.2, 0.25) is 0 Å². The van der Waals surface area contributed by atoms with Gasteiger partial charge in [-0.15, -0.1) is 0 Å². The van der Waals surface area contributed by atoms with Gasteiger partial charge < -0.3 is 28.9 Å². The lowest BCUT2D eigenvalue weighted by Gasteiger charge is -2.26. The molecule has 0 aromatic heterocycles. The molecule has 9 nitrogen and oxygen atoms in total. The second kappa shape index (κ2) is 30.9. The molecule has 0 heterocycles. The van der Waals surface area contributed by atoms with Crippen molar-refractivity contribution < 1.29 is 28.6 Å². The third-order valence-corrected chi connectivity index (χ3v) is 15.9. The number of ether oxygens (including phenoxy) is 3. The molecule has 58 heavy (non-hydrogen) atoms. The molecule has 0 radical (unpaired) electrons. The van der Waals surface area contributed by atoms with Crippen molar-refractivity contribution in [2.24, 2.45) is 0 Å². The molecule has 2 aromatic carbocycles. The quantitative estimate of drug-likeness (QED) is 0.106. The van der Waals surface area contributed by atoms with Crippen molar-refractivity contribution in [3.63, 3.8) is 0 Å². The van der Waals surface area contributed by atoms with Crippen LogP contribution < -0.4 is 0 Å². The van der Waals surface area contributed by atoms with Crippen molar-refractivity contribution in [2.75, 3.05) is 27.7 Å². The fourth-order valence-electron chi connectivity index (χ4n) is 3.56. The van der Waals surface area contributed by atoms with E-state index in [1.807, 2.05) is 105 Å². The van der Waals surface area contributed by atoms with E-state index in [9.17, 15) is 14.4 Å². The third kappa shape index (κ3) is 27.0. The Kier molecular flexibility index (Phi) is 31.0. The largest absolute Gasteiger partial charge is 0.448 e. The van der Waals surface area contributed by atoms with E-state index in [0.29, 0.717) is 35.6 Å². The van der Waals surface area contributed by atoms with Crippen LogP contribution in [0.5, 0.6) is 0 Å². The number of nitrogens with zero attached hydrogens (tertiary/aromatic N) is 3. The normalized spacial score (nSPS) is 11.1. The second-order valence-electron chi connectivity index (χ2n) is 15.8. The van der Waals surface area contributed by atoms with Crippen LogP contribution in [0, 0.1) is 0 Å². The first-order valence-corrected chi connectivity index (χ1v) is 25.1. The molecular formula is C44H77N3O6S5. The Balaban J connectivity index is 0. The molecule has 0 spiro atoms. The minimum atomic E-state index is -0.281. The van der Waals surface area contributed by atoms with Crippen molar-refractivity contribution in [3.05, 3.63) is 65.2 Å². The molecule has 0 atom stereocenters. The lowest BCUT2D eigenvalue weighted by Crippen LogP contribution is -2.36. The van der Waals surface area contributed by atoms with Gasteiger partial charge in [0, 0.05) is 66.0 Å². The predicted octanol–water partition coefficient (Wildman–Crippen LogP) is 13.8. The van der Waals surface area contributed by atoms with E-state index >= 15 is 0 Å². The number of rotatable bonds is 18. The van der Waals surface area contributed by atoms with E-state index in [-0.39, 0.29) is 48.6 Å². The maximum Gasteiger partial charge on any atom is 0.410 e. The highest BCUT2D eigenvalue weighted by atomic mass is 33.1. The summed E-state index contributed by atoms with van der Waals surface area (Å²) in [5.74, 6) is 1.02. The second-order valence-corrected chi connectivity index (χ2v) is 23.6. The summed E-state index contributed by atoms with van der Waals surface area (Å²) in [5.41, 5.74) is 3.38. The summed E-state index contributed by atoms with van der Waals surface area (Å²) in [5, 5.41) is 1.78. The molecule has 14 heteroatoms. The van der Waals surface area contributed by atoms with Gasteiger partial charge in [-0.3, -0.25) is 0 Å². The van der Waals surface area contributed by atoms with Crippen molar-refractivity contribution >= 4 is 73.2 Å². The molecule has 0 aliphatic carbocycles. The summed E-state index contributed by atoms with van der Waals surface area (Å²) in [4.78, 5) is 41.1. The van der Waals surface area contributed by atoms with Gasteiger partial charge in [0.05, 0.1) is 4.75 Å². The first kappa shape index (κ1) is 58.1. The van der Waals surface area contributed by atoms with Crippen LogP contribution in [0.25, 0.3) is 0 Å². The lowest BCUT2D eigenvalue weighted by molar-refractivity contribution is 0.0948. The Morgan fingerprint density at radius 2 is 1.02 bits per heavy atom. The minimum absolute atomic E-state index is 0. The smallest absolute Gasteiger partial charge is 0.410 e. The van der Waals surface area contributed by atoms with Crippen LogP contribution in [0.1, 0.15) is 121 Å². The highest BCUT2D eigenvalue weighted by Gasteiger charge is 2.24. The predicted molar refractivity (Wildman–Crippen MR) is 259 cm³/mol. The Morgan fingerprint density at radius 3 is 1.47 bits per heavy atom. The van der Waals surface area contributed by atoms with E-state index < -0.39 is 0 Å². The Bertz CT molecular complexity index is 1420. The molecule has 0 N–H and O–H groups in total. The van der Waals surface area contributed by atoms with Gasteiger partial charge in [0.1, 0.15) is 19.8 Å². The van der Waals surface area contributed by atoms with Gasteiger partial charge in [-0.25, -0.2) is 14.4 Å². The van der Waals surface area contributed by atoms with Crippen LogP contribution >= 0.6 is 54.9 Å². The molecule has 0 aliphatic heterocycles. The summed E-state index contributed by atoms with van der Waals surface area (Å²) in [6.45, 7) is 30.1. The van der Waals surface area contributed by atoms with E-state index in [1.165, 1.54) is 5.56 Å². The van der Waals surface area contributed by atoms with E-state index in [1.54, 1.807) is 57.4 Å². The lowest BCUT2D eigenvalue weighted by atomic mass is 10.2.